The summed E-state index contributed by atoms with van der Waals surface area (Å²) in [5.74, 6) is 5.38. The smallest absolute Gasteiger partial charge is 0.299 e. The van der Waals surface area contributed by atoms with E-state index >= 15 is 0 Å². The summed E-state index contributed by atoms with van der Waals surface area (Å²) < 4.78 is 38.4. The van der Waals surface area contributed by atoms with Gasteiger partial charge in [-0.25, -0.2) is 14.6 Å². The molecule has 13 aromatic rings. The van der Waals surface area contributed by atoms with Crippen LogP contribution in [0.1, 0.15) is 181 Å². The van der Waals surface area contributed by atoms with E-state index in [-0.39, 0.29) is 55.7 Å². The third kappa shape index (κ3) is 33.6. The van der Waals surface area contributed by atoms with Gasteiger partial charge in [-0.3, -0.25) is 44.6 Å². The number of Topliss-reactive ketones (excluding diaryl/α,β-unsaturated/α-hetero) is 1. The van der Waals surface area contributed by atoms with Crippen LogP contribution in [0.25, 0.3) is 33.0 Å². The SMILES string of the molecule is C.CC(C)C.CC(C)c1ccccn1.CC(C)c1cccnc1.CC(C)c1ccco1.CC(C)c1cnco1.CC(C)c1nccs1.COCCOCCn1cc(COCCNc2c([N+](=O)[O-])cccc2[N+](=O)[O-])nn1.COc1ccc(-c2ccco2)c2[nH]cc(C(=O)C(=O)N3CCN(C(=O)c4ccccc4)CC3)c12.c1ccc2ccccc2c1. The van der Waals surface area contributed by atoms with Gasteiger partial charge < -0.3 is 52.3 Å². The molecule has 9 heterocycles. The number of carbonyl (C=O) groups is 3. The zero-order valence-electron chi connectivity index (χ0n) is 70.7. The number of hydrogen-bond acceptors (Lipinski definition) is 22. The van der Waals surface area contributed by atoms with E-state index < -0.39 is 21.5 Å². The van der Waals surface area contributed by atoms with Crippen molar-refractivity contribution in [3.63, 3.8) is 0 Å². The van der Waals surface area contributed by atoms with Crippen molar-refractivity contribution in [2.45, 2.75) is 140 Å². The quantitative estimate of drug-likeness (QED) is 0.0187. The molecular formula is C92H117N13O14S. The average molecular weight is 1660 g/mol. The number of H-pyrrole nitrogens is 1. The number of piperazine rings is 1. The number of furan rings is 2. The topological polar surface area (TPSA) is 330 Å². The maximum Gasteiger partial charge on any atom is 0.299 e. The number of oxazole rings is 1. The Morgan fingerprint density at radius 3 is 1.70 bits per heavy atom. The first-order chi connectivity index (χ1) is 57.3. The van der Waals surface area contributed by atoms with E-state index in [1.807, 2.05) is 90.7 Å². The van der Waals surface area contributed by atoms with Crippen LogP contribution in [-0.4, -0.2) is 151 Å². The number of nitrogens with one attached hydrogen (secondary N) is 2. The Morgan fingerprint density at radius 2 is 1.23 bits per heavy atom. The van der Waals surface area contributed by atoms with Crippen LogP contribution in [0.5, 0.6) is 5.75 Å². The fraction of sp³-hybridized carbons (Fsp3) is 0.359. The number of anilines is 1. The lowest BCUT2D eigenvalue weighted by molar-refractivity contribution is -0.392. The Labute approximate surface area is 708 Å². The number of aromatic amines is 1. The highest BCUT2D eigenvalue weighted by Crippen LogP contribution is 2.37. The summed E-state index contributed by atoms with van der Waals surface area (Å²) in [6, 6.07) is 50.6. The minimum atomic E-state index is -0.673. The van der Waals surface area contributed by atoms with Gasteiger partial charge in [-0.15, -0.1) is 16.4 Å². The van der Waals surface area contributed by atoms with Gasteiger partial charge in [0.2, 0.25) is 0 Å². The van der Waals surface area contributed by atoms with Crippen molar-refractivity contribution < 1.29 is 56.4 Å². The van der Waals surface area contributed by atoms with Crippen molar-refractivity contribution in [2.24, 2.45) is 5.92 Å². The number of carbonyl (C=O) groups excluding carboxylic acids is 3. The lowest BCUT2D eigenvalue weighted by Gasteiger charge is -2.34. The summed E-state index contributed by atoms with van der Waals surface area (Å²) in [5, 5.41) is 39.2. The zero-order chi connectivity index (χ0) is 86.4. The summed E-state index contributed by atoms with van der Waals surface area (Å²) in [4.78, 5) is 82.2. The van der Waals surface area contributed by atoms with Crippen LogP contribution in [0.2, 0.25) is 0 Å². The second-order valence-electron chi connectivity index (χ2n) is 29.0. The van der Waals surface area contributed by atoms with E-state index in [2.05, 4.69) is 185 Å². The molecule has 0 atom stereocenters. The Hall–Kier alpha value is -12.4. The summed E-state index contributed by atoms with van der Waals surface area (Å²) in [6.45, 7) is 31.6. The van der Waals surface area contributed by atoms with E-state index in [1.54, 1.807) is 83.4 Å². The van der Waals surface area contributed by atoms with Crippen molar-refractivity contribution in [1.82, 2.24) is 49.7 Å². The number of hydrogen-bond donors (Lipinski definition) is 2. The van der Waals surface area contributed by atoms with Crippen LogP contribution in [0, 0.1) is 26.1 Å². The highest BCUT2D eigenvalue weighted by Gasteiger charge is 2.32. The monoisotopic (exact) mass is 1660 g/mol. The molecule has 1 fully saturated rings. The zero-order valence-corrected chi connectivity index (χ0v) is 71.5. The number of nitro benzene ring substituents is 2. The molecule has 28 heteroatoms. The summed E-state index contributed by atoms with van der Waals surface area (Å²) in [7, 11) is 3.12. The van der Waals surface area contributed by atoms with Crippen LogP contribution in [0.3, 0.4) is 0 Å². The molecule has 1 aliphatic rings. The first kappa shape index (κ1) is 98.2. The molecular weight excluding hydrogens is 1540 g/mol. The second-order valence-corrected chi connectivity index (χ2v) is 29.9. The van der Waals surface area contributed by atoms with E-state index in [1.165, 1.54) is 64.1 Å². The number of ether oxygens (including phenoxy) is 4. The number of aromatic nitrogens is 8. The number of nitro groups is 2. The van der Waals surface area contributed by atoms with Gasteiger partial charge in [0.15, 0.2) is 12.1 Å². The molecule has 0 bridgehead atoms. The van der Waals surface area contributed by atoms with Gasteiger partial charge in [-0.05, 0) is 107 Å². The molecule has 0 saturated carbocycles. The summed E-state index contributed by atoms with van der Waals surface area (Å²) in [6.07, 6.45) is 17.1. The van der Waals surface area contributed by atoms with Gasteiger partial charge in [0.1, 0.15) is 28.7 Å². The fourth-order valence-corrected chi connectivity index (χ4v) is 11.6. The predicted molar refractivity (Wildman–Crippen MR) is 474 cm³/mol. The van der Waals surface area contributed by atoms with E-state index in [0.717, 1.165) is 28.7 Å². The first-order valence-electron chi connectivity index (χ1n) is 39.5. The van der Waals surface area contributed by atoms with E-state index in [0.29, 0.717) is 116 Å². The Morgan fingerprint density at radius 1 is 0.592 bits per heavy atom. The molecule has 0 spiro atoms. The predicted octanol–water partition coefficient (Wildman–Crippen LogP) is 21.0. The van der Waals surface area contributed by atoms with Crippen LogP contribution in [0.15, 0.2) is 245 Å². The molecule has 8 aromatic heterocycles. The number of amides is 2. The molecule has 14 rings (SSSR count). The molecule has 2 amide bonds. The van der Waals surface area contributed by atoms with Crippen molar-refractivity contribution in [1.29, 1.82) is 0 Å². The first-order valence-corrected chi connectivity index (χ1v) is 40.4. The van der Waals surface area contributed by atoms with Crippen molar-refractivity contribution >= 4 is 67.7 Å². The van der Waals surface area contributed by atoms with Crippen LogP contribution < -0.4 is 10.1 Å². The molecule has 0 unspecified atom stereocenters. The maximum atomic E-state index is 13.3. The Kier molecular flexibility index (Phi) is 44.1. The summed E-state index contributed by atoms with van der Waals surface area (Å²) in [5.41, 5.74) is 4.47. The Balaban J connectivity index is 0.000000263. The lowest BCUT2D eigenvalue weighted by atomic mass is 10.0. The normalized spacial score (nSPS) is 11.2. The van der Waals surface area contributed by atoms with Gasteiger partial charge in [0, 0.05) is 123 Å². The molecule has 0 radical (unpaired) electrons. The number of fused-ring (bicyclic) bond motifs is 2. The molecule has 640 valence electrons. The average Bonchev–Trinajstić information content (AvgIpc) is 1.61. The number of benzene rings is 5. The second kappa shape index (κ2) is 53.9. The lowest BCUT2D eigenvalue weighted by Crippen LogP contribution is -2.52. The molecule has 1 aliphatic heterocycles. The minimum Gasteiger partial charge on any atom is -0.496 e. The number of methoxy groups -OCH3 is 2. The number of ketones is 1. The van der Waals surface area contributed by atoms with Gasteiger partial charge in [-0.2, -0.15) is 0 Å². The highest BCUT2D eigenvalue weighted by atomic mass is 32.1. The third-order valence-corrected chi connectivity index (χ3v) is 18.3. The molecule has 1 saturated heterocycles. The number of para-hydroxylation sites is 1. The van der Waals surface area contributed by atoms with E-state index in [4.69, 9.17) is 32.2 Å². The molecule has 120 heavy (non-hydrogen) atoms. The molecule has 2 N–H and O–H groups in total. The summed E-state index contributed by atoms with van der Waals surface area (Å²) >= 11 is 1.72. The van der Waals surface area contributed by atoms with Crippen molar-refractivity contribution in [2.75, 3.05) is 78.7 Å². The standard InChI is InChI=1S/C26H23N3O5.C16H22N6O7.C10H8.2C8H11N.C7H10O.C6H9NO.C6H9NS.C4H10.CH4/c1-33-21-10-9-18(20-8-5-15-34-20)23-22(21)19(16-27-23)24(30)26(32)29-13-11-28(12-14-29)25(31)17-6-3-2-4-7-17;1-27-9-10-28-8-6-20-11-13(18-19-20)12-29-7-5-17-16-14(21(23)24)3-2-4-15(16)22(25)26;1-2-6-10-8-4-3-7-9(10)5-1;1-7(2)8-4-3-5-9-6-8;1-7(2)8-5-3-4-6-9-8;1-6(2)7-4-3-5-8-7;1-5(2)6-3-7-4-8-6;1-5(2)6-7-3-4-8-6;1-4(2)3;/h2-10,15-16,27H,11-14H2,1H3;2-4,11,17H,5-10,12H2,1H3;1-8H;2*3-7H,1-2H3;3-6H,1-2H3;2*3-5H,1-2H3;4H,1-3H3;1H4. The van der Waals surface area contributed by atoms with Crippen LogP contribution in [0.4, 0.5) is 17.1 Å². The molecule has 27 nitrogen and oxygen atoms in total. The number of nitrogens with zero attached hydrogens (tertiary/aromatic N) is 11. The Bertz CT molecular complexity index is 4740. The fourth-order valence-electron chi connectivity index (χ4n) is 10.9. The van der Waals surface area contributed by atoms with Gasteiger partial charge >= 0.3 is 0 Å². The van der Waals surface area contributed by atoms with Gasteiger partial charge in [0.25, 0.3) is 29.0 Å². The van der Waals surface area contributed by atoms with Crippen LogP contribution >= 0.6 is 11.3 Å². The van der Waals surface area contributed by atoms with E-state index in [9.17, 15) is 34.6 Å². The van der Waals surface area contributed by atoms with Crippen molar-refractivity contribution in [3.8, 4) is 17.1 Å². The number of rotatable bonds is 24. The van der Waals surface area contributed by atoms with Crippen molar-refractivity contribution in [3.05, 3.63) is 296 Å². The number of pyridine rings is 2. The largest absolute Gasteiger partial charge is 0.496 e. The van der Waals surface area contributed by atoms with Gasteiger partial charge in [0.05, 0.1) is 103 Å². The molecule has 5 aromatic carbocycles. The number of thiazole rings is 1. The maximum absolute atomic E-state index is 13.3. The highest BCUT2D eigenvalue weighted by molar-refractivity contribution is 7.09. The van der Waals surface area contributed by atoms with Gasteiger partial charge in [-0.1, -0.05) is 182 Å². The molecule has 0 aliphatic carbocycles. The van der Waals surface area contributed by atoms with Crippen LogP contribution in [-0.2, 0) is 32.2 Å². The third-order valence-electron chi connectivity index (χ3n) is 17.2. The minimum absolute atomic E-state index is 0.